The summed E-state index contributed by atoms with van der Waals surface area (Å²) in [5.41, 5.74) is 2.02. The van der Waals surface area contributed by atoms with Crippen molar-refractivity contribution in [1.29, 1.82) is 0 Å². The van der Waals surface area contributed by atoms with Gasteiger partial charge < -0.3 is 19.9 Å². The Morgan fingerprint density at radius 3 is 2.72 bits per heavy atom. The number of halogens is 1. The van der Waals surface area contributed by atoms with Crippen molar-refractivity contribution in [2.45, 2.75) is 33.3 Å². The molecule has 0 aliphatic carbocycles. The number of ether oxygens (including phenoxy) is 1. The highest BCUT2D eigenvalue weighted by molar-refractivity contribution is 5.79. The molecule has 1 aromatic carbocycles. The minimum atomic E-state index is -0.365. The van der Waals surface area contributed by atoms with Crippen molar-refractivity contribution in [3.05, 3.63) is 47.1 Å². The molecule has 1 aromatic heterocycles. The average Bonchev–Trinajstić information content (AvgIpc) is 2.91. The number of nitrogens with one attached hydrogen (secondary N) is 2. The summed E-state index contributed by atoms with van der Waals surface area (Å²) in [6, 6.07) is 6.37. The second-order valence-corrected chi connectivity index (χ2v) is 5.79. The minimum absolute atomic E-state index is 0.210. The van der Waals surface area contributed by atoms with Crippen LogP contribution in [0.5, 0.6) is 5.75 Å². The van der Waals surface area contributed by atoms with Crippen LogP contribution in [0.1, 0.15) is 23.9 Å². The van der Waals surface area contributed by atoms with Crippen molar-refractivity contribution in [2.24, 2.45) is 4.99 Å². The van der Waals surface area contributed by atoms with Gasteiger partial charge in [-0.3, -0.25) is 4.99 Å². The van der Waals surface area contributed by atoms with E-state index in [2.05, 4.69) is 20.8 Å². The van der Waals surface area contributed by atoms with E-state index in [-0.39, 0.29) is 17.7 Å². The number of nitrogens with zero attached hydrogens (tertiary/aromatic N) is 2. The molecular formula is C18H25FN4O2. The molecule has 0 saturated carbocycles. The maximum Gasteiger partial charge on any atom is 0.191 e. The number of aliphatic imine (C=N–C) groups is 1. The number of para-hydroxylation sites is 1. The average molecular weight is 348 g/mol. The first-order valence-electron chi connectivity index (χ1n) is 8.28. The molecule has 0 aliphatic rings. The van der Waals surface area contributed by atoms with Crippen LogP contribution < -0.4 is 15.4 Å². The summed E-state index contributed by atoms with van der Waals surface area (Å²) >= 11 is 0. The highest BCUT2D eigenvalue weighted by Crippen LogP contribution is 2.16. The molecule has 0 fully saturated rings. The van der Waals surface area contributed by atoms with Crippen LogP contribution in [0.4, 0.5) is 4.39 Å². The lowest BCUT2D eigenvalue weighted by Crippen LogP contribution is -2.42. The third-order valence-electron chi connectivity index (χ3n) is 3.79. The molecular weight excluding hydrogens is 323 g/mol. The van der Waals surface area contributed by atoms with E-state index < -0.39 is 0 Å². The van der Waals surface area contributed by atoms with Gasteiger partial charge >= 0.3 is 0 Å². The Balaban J connectivity index is 1.75. The van der Waals surface area contributed by atoms with Gasteiger partial charge in [-0.2, -0.15) is 0 Å². The summed E-state index contributed by atoms with van der Waals surface area (Å²) < 4.78 is 24.3. The molecule has 2 rings (SSSR count). The normalized spacial score (nSPS) is 12.8. The maximum absolute atomic E-state index is 13.6. The topological polar surface area (TPSA) is 71.7 Å². The molecule has 0 bridgehead atoms. The Kier molecular flexibility index (Phi) is 6.80. The molecule has 25 heavy (non-hydrogen) atoms. The van der Waals surface area contributed by atoms with E-state index in [9.17, 15) is 4.39 Å². The second kappa shape index (κ2) is 9.05. The van der Waals surface area contributed by atoms with Gasteiger partial charge in [-0.1, -0.05) is 17.3 Å². The van der Waals surface area contributed by atoms with Gasteiger partial charge in [-0.15, -0.1) is 0 Å². The fourth-order valence-corrected chi connectivity index (χ4v) is 2.42. The van der Waals surface area contributed by atoms with Crippen LogP contribution in [0.15, 0.2) is 33.8 Å². The highest BCUT2D eigenvalue weighted by atomic mass is 19.1. The molecule has 0 saturated heterocycles. The maximum atomic E-state index is 13.6. The van der Waals surface area contributed by atoms with E-state index in [0.29, 0.717) is 19.0 Å². The Morgan fingerprint density at radius 2 is 2.08 bits per heavy atom. The predicted molar refractivity (Wildman–Crippen MR) is 95.5 cm³/mol. The summed E-state index contributed by atoms with van der Waals surface area (Å²) in [7, 11) is 1.70. The van der Waals surface area contributed by atoms with Crippen LogP contribution >= 0.6 is 0 Å². The summed E-state index contributed by atoms with van der Waals surface area (Å²) in [6.45, 7) is 6.91. The number of benzene rings is 1. The monoisotopic (exact) mass is 348 g/mol. The molecule has 2 aromatic rings. The van der Waals surface area contributed by atoms with Crippen LogP contribution in [0, 0.1) is 19.7 Å². The minimum Gasteiger partial charge on any atom is -0.486 e. The molecule has 1 heterocycles. The van der Waals surface area contributed by atoms with Crippen LogP contribution in [-0.2, 0) is 6.42 Å². The van der Waals surface area contributed by atoms with Crippen LogP contribution in [-0.4, -0.2) is 37.4 Å². The first kappa shape index (κ1) is 18.8. The van der Waals surface area contributed by atoms with Gasteiger partial charge in [0.1, 0.15) is 11.9 Å². The van der Waals surface area contributed by atoms with Crippen molar-refractivity contribution in [3.8, 4) is 5.75 Å². The molecule has 0 spiro atoms. The zero-order valence-electron chi connectivity index (χ0n) is 15.1. The zero-order chi connectivity index (χ0) is 18.2. The second-order valence-electron chi connectivity index (χ2n) is 5.79. The van der Waals surface area contributed by atoms with Gasteiger partial charge in [0.05, 0.1) is 12.2 Å². The summed E-state index contributed by atoms with van der Waals surface area (Å²) in [5.74, 6) is 1.39. The third kappa shape index (κ3) is 5.48. The zero-order valence-corrected chi connectivity index (χ0v) is 15.1. The smallest absolute Gasteiger partial charge is 0.191 e. The Labute approximate surface area is 147 Å². The summed E-state index contributed by atoms with van der Waals surface area (Å²) in [5, 5.41) is 10.3. The van der Waals surface area contributed by atoms with Crippen molar-refractivity contribution in [3.63, 3.8) is 0 Å². The lowest BCUT2D eigenvalue weighted by Gasteiger charge is -2.18. The fraction of sp³-hybridized carbons (Fsp3) is 0.444. The standard InChI is InChI=1S/C18H25FN4O2/c1-12(24-17-8-6-5-7-16(17)19)11-22-18(20-4)21-10-9-15-13(2)23-25-14(15)3/h5-8,12H,9-11H2,1-4H3,(H2,20,21,22). The van der Waals surface area contributed by atoms with E-state index in [1.54, 1.807) is 25.2 Å². The molecule has 136 valence electrons. The summed E-state index contributed by atoms with van der Waals surface area (Å²) in [4.78, 5) is 4.17. The van der Waals surface area contributed by atoms with E-state index >= 15 is 0 Å². The van der Waals surface area contributed by atoms with E-state index in [1.165, 1.54) is 6.07 Å². The molecule has 1 unspecified atom stereocenters. The SMILES string of the molecule is CN=C(NCCc1c(C)noc1C)NCC(C)Oc1ccccc1F. The first-order chi connectivity index (χ1) is 12.0. The third-order valence-corrected chi connectivity index (χ3v) is 3.79. The largest absolute Gasteiger partial charge is 0.486 e. The van der Waals surface area contributed by atoms with Gasteiger partial charge in [-0.05, 0) is 39.3 Å². The van der Waals surface area contributed by atoms with Gasteiger partial charge in [0.15, 0.2) is 17.5 Å². The number of rotatable bonds is 7. The number of aryl methyl sites for hydroxylation is 2. The molecule has 0 radical (unpaired) electrons. The van der Waals surface area contributed by atoms with Crippen LogP contribution in [0.3, 0.4) is 0 Å². The molecule has 0 aliphatic heterocycles. The Hall–Kier alpha value is -2.57. The molecule has 1 atom stereocenters. The first-order valence-corrected chi connectivity index (χ1v) is 8.28. The van der Waals surface area contributed by atoms with Crippen molar-refractivity contribution in [2.75, 3.05) is 20.1 Å². The van der Waals surface area contributed by atoms with Gasteiger partial charge in [-0.25, -0.2) is 4.39 Å². The molecule has 6 nitrogen and oxygen atoms in total. The van der Waals surface area contributed by atoms with Gasteiger partial charge in [0, 0.05) is 19.2 Å². The number of hydrogen-bond acceptors (Lipinski definition) is 4. The van der Waals surface area contributed by atoms with Crippen molar-refractivity contribution in [1.82, 2.24) is 15.8 Å². The fourth-order valence-electron chi connectivity index (χ4n) is 2.42. The number of aromatic nitrogens is 1. The van der Waals surface area contributed by atoms with Gasteiger partial charge in [0.25, 0.3) is 0 Å². The van der Waals surface area contributed by atoms with Crippen LogP contribution in [0.25, 0.3) is 0 Å². The molecule has 7 heteroatoms. The Bertz CT molecular complexity index is 695. The predicted octanol–water partition coefficient (Wildman–Crippen LogP) is 2.61. The lowest BCUT2D eigenvalue weighted by atomic mass is 10.1. The van der Waals surface area contributed by atoms with E-state index in [4.69, 9.17) is 9.26 Å². The van der Waals surface area contributed by atoms with Gasteiger partial charge in [0.2, 0.25) is 0 Å². The van der Waals surface area contributed by atoms with Crippen molar-refractivity contribution >= 4 is 5.96 Å². The summed E-state index contributed by atoms with van der Waals surface area (Å²) in [6.07, 6.45) is 0.585. The van der Waals surface area contributed by atoms with Crippen molar-refractivity contribution < 1.29 is 13.7 Å². The quantitative estimate of drug-likeness (QED) is 0.594. The number of guanidine groups is 1. The highest BCUT2D eigenvalue weighted by Gasteiger charge is 2.10. The lowest BCUT2D eigenvalue weighted by molar-refractivity contribution is 0.214. The Morgan fingerprint density at radius 1 is 1.32 bits per heavy atom. The molecule has 2 N–H and O–H groups in total. The molecule has 0 amide bonds. The number of hydrogen-bond donors (Lipinski definition) is 2. The van der Waals surface area contributed by atoms with Crippen LogP contribution in [0.2, 0.25) is 0 Å². The van der Waals surface area contributed by atoms with E-state index in [1.807, 2.05) is 20.8 Å². The van der Waals surface area contributed by atoms with E-state index in [0.717, 1.165) is 23.4 Å².